The molecule has 0 aliphatic rings. The predicted octanol–water partition coefficient (Wildman–Crippen LogP) is 1.20. The van der Waals surface area contributed by atoms with Crippen LogP contribution in [0, 0.1) is 0 Å². The summed E-state index contributed by atoms with van der Waals surface area (Å²) in [4.78, 5) is 17.7. The van der Waals surface area contributed by atoms with Crippen LogP contribution in [0.1, 0.15) is 27.7 Å². The summed E-state index contributed by atoms with van der Waals surface area (Å²) < 4.78 is 12.0. The maximum atomic E-state index is 10.8. The average Bonchev–Trinajstić information content (AvgIpc) is 1.54. The third kappa shape index (κ3) is 3.34. The largest absolute Gasteiger partial charge is 0.403 e. The summed E-state index contributed by atoms with van der Waals surface area (Å²) in [5.74, 6) is 0. The van der Waals surface area contributed by atoms with Crippen LogP contribution in [-0.4, -0.2) is 26.5 Å². The Morgan fingerprint density at radius 3 is 1.36 bits per heavy atom. The van der Waals surface area contributed by atoms with Crippen LogP contribution in [0.3, 0.4) is 0 Å². The van der Waals surface area contributed by atoms with Gasteiger partial charge in [0, 0.05) is 12.1 Å². The maximum Gasteiger partial charge on any atom is 0.403 e. The third-order valence-corrected chi connectivity index (χ3v) is 2.88. The summed E-state index contributed by atoms with van der Waals surface area (Å²) >= 11 is 0. The zero-order valence-electron chi connectivity index (χ0n) is 7.35. The summed E-state index contributed by atoms with van der Waals surface area (Å²) in [7, 11) is -4.05. The van der Waals surface area contributed by atoms with Crippen LogP contribution in [-0.2, 0) is 4.57 Å². The lowest BCUT2D eigenvalue weighted by Crippen LogP contribution is -2.33. The van der Waals surface area contributed by atoms with Crippen LogP contribution in [0.2, 0.25) is 0 Å². The summed E-state index contributed by atoms with van der Waals surface area (Å²) in [6, 6.07) is -0.258. The molecule has 0 bridgehead atoms. The molecule has 0 aromatic rings. The highest BCUT2D eigenvalue weighted by atomic mass is 31.2. The van der Waals surface area contributed by atoms with Gasteiger partial charge in [-0.2, -0.15) is 0 Å². The van der Waals surface area contributed by atoms with Gasteiger partial charge >= 0.3 is 7.75 Å². The van der Waals surface area contributed by atoms with Crippen LogP contribution in [0.15, 0.2) is 0 Å². The lowest BCUT2D eigenvalue weighted by molar-refractivity contribution is 0.212. The zero-order chi connectivity index (χ0) is 9.23. The van der Waals surface area contributed by atoms with E-state index in [9.17, 15) is 4.57 Å². The zero-order valence-corrected chi connectivity index (χ0v) is 8.25. The molecule has 4 nitrogen and oxygen atoms in total. The van der Waals surface area contributed by atoms with Crippen molar-refractivity contribution in [2.45, 2.75) is 39.8 Å². The van der Waals surface area contributed by atoms with Crippen molar-refractivity contribution >= 4 is 7.75 Å². The molecule has 5 heteroatoms. The van der Waals surface area contributed by atoms with Gasteiger partial charge < -0.3 is 9.79 Å². The van der Waals surface area contributed by atoms with Crippen LogP contribution in [0.5, 0.6) is 0 Å². The molecule has 0 amide bonds. The van der Waals surface area contributed by atoms with Gasteiger partial charge in [-0.05, 0) is 27.7 Å². The maximum absolute atomic E-state index is 10.8. The van der Waals surface area contributed by atoms with Crippen molar-refractivity contribution in [3.05, 3.63) is 0 Å². The molecule has 0 heterocycles. The molecule has 0 aromatic heterocycles. The third-order valence-electron chi connectivity index (χ3n) is 1.36. The number of rotatable bonds is 3. The van der Waals surface area contributed by atoms with Gasteiger partial charge in [-0.1, -0.05) is 0 Å². The molecule has 0 saturated carbocycles. The van der Waals surface area contributed by atoms with E-state index in [4.69, 9.17) is 9.79 Å². The van der Waals surface area contributed by atoms with Crippen molar-refractivity contribution in [2.24, 2.45) is 0 Å². The van der Waals surface area contributed by atoms with E-state index in [0.717, 1.165) is 0 Å². The second kappa shape index (κ2) is 3.68. The molecule has 0 fully saturated rings. The van der Waals surface area contributed by atoms with E-state index in [0.29, 0.717) is 0 Å². The van der Waals surface area contributed by atoms with Crippen molar-refractivity contribution < 1.29 is 14.4 Å². The van der Waals surface area contributed by atoms with E-state index in [1.54, 1.807) is 27.7 Å². The van der Waals surface area contributed by atoms with Crippen molar-refractivity contribution in [1.29, 1.82) is 0 Å². The lowest BCUT2D eigenvalue weighted by Gasteiger charge is -2.30. The first kappa shape index (κ1) is 11.1. The molecule has 0 saturated heterocycles. The van der Waals surface area contributed by atoms with E-state index >= 15 is 0 Å². The standard InChI is InChI=1S/C6H16NO3P/c1-5(2)7(6(3)4)11(8,9)10/h5-6H,1-4H3,(H2,8,9,10). The molecule has 0 unspecified atom stereocenters. The van der Waals surface area contributed by atoms with Crippen LogP contribution >= 0.6 is 7.75 Å². The summed E-state index contributed by atoms with van der Waals surface area (Å²) in [6.07, 6.45) is 0. The second-order valence-corrected chi connectivity index (χ2v) is 4.57. The van der Waals surface area contributed by atoms with Gasteiger partial charge in [0.2, 0.25) is 0 Å². The van der Waals surface area contributed by atoms with Gasteiger partial charge in [0.15, 0.2) is 0 Å². The van der Waals surface area contributed by atoms with Gasteiger partial charge in [-0.15, -0.1) is 0 Å². The van der Waals surface area contributed by atoms with Crippen molar-refractivity contribution in [3.8, 4) is 0 Å². The highest BCUT2D eigenvalue weighted by Gasteiger charge is 2.30. The van der Waals surface area contributed by atoms with E-state index in [-0.39, 0.29) is 12.1 Å². The van der Waals surface area contributed by atoms with Crippen molar-refractivity contribution in [1.82, 2.24) is 4.67 Å². The fourth-order valence-corrected chi connectivity index (χ4v) is 2.40. The minimum Gasteiger partial charge on any atom is -0.312 e. The number of nitrogens with zero attached hydrogens (tertiary/aromatic N) is 1. The first-order valence-electron chi connectivity index (χ1n) is 3.61. The van der Waals surface area contributed by atoms with Gasteiger partial charge in [-0.25, -0.2) is 9.24 Å². The monoisotopic (exact) mass is 181 g/mol. The molecule has 0 spiro atoms. The Morgan fingerprint density at radius 1 is 1.09 bits per heavy atom. The van der Waals surface area contributed by atoms with E-state index in [2.05, 4.69) is 0 Å². The molecule has 0 radical (unpaired) electrons. The molecular weight excluding hydrogens is 165 g/mol. The average molecular weight is 181 g/mol. The highest BCUT2D eigenvalue weighted by molar-refractivity contribution is 7.49. The quantitative estimate of drug-likeness (QED) is 0.642. The SMILES string of the molecule is CC(C)N(C(C)C)P(=O)(O)O. The fourth-order valence-electron chi connectivity index (χ4n) is 1.20. The molecule has 0 aliphatic heterocycles. The topological polar surface area (TPSA) is 60.8 Å². The van der Waals surface area contributed by atoms with Gasteiger partial charge in [0.1, 0.15) is 0 Å². The summed E-state index contributed by atoms with van der Waals surface area (Å²) in [6.45, 7) is 7.05. The number of hydrogen-bond donors (Lipinski definition) is 2. The molecule has 0 aliphatic carbocycles. The Balaban J connectivity index is 4.49. The Kier molecular flexibility index (Phi) is 3.71. The smallest absolute Gasteiger partial charge is 0.312 e. The second-order valence-electron chi connectivity index (χ2n) is 3.08. The Bertz CT molecular complexity index is 155. The number of hydrogen-bond acceptors (Lipinski definition) is 1. The summed E-state index contributed by atoms with van der Waals surface area (Å²) in [5, 5.41) is 0. The van der Waals surface area contributed by atoms with E-state index < -0.39 is 7.75 Å². The predicted molar refractivity (Wildman–Crippen MR) is 44.2 cm³/mol. The molecule has 0 rings (SSSR count). The molecule has 0 aromatic carbocycles. The molecule has 68 valence electrons. The highest BCUT2D eigenvalue weighted by Crippen LogP contribution is 2.43. The van der Waals surface area contributed by atoms with Gasteiger partial charge in [0.25, 0.3) is 0 Å². The molecule has 11 heavy (non-hydrogen) atoms. The minimum absolute atomic E-state index is 0.129. The molecule has 0 atom stereocenters. The van der Waals surface area contributed by atoms with Crippen LogP contribution in [0.25, 0.3) is 0 Å². The normalized spacial score (nSPS) is 13.5. The lowest BCUT2D eigenvalue weighted by atomic mass is 10.3. The Morgan fingerprint density at radius 2 is 1.36 bits per heavy atom. The van der Waals surface area contributed by atoms with Gasteiger partial charge in [-0.3, -0.25) is 0 Å². The first-order valence-corrected chi connectivity index (χ1v) is 5.17. The Hall–Kier alpha value is 0.110. The minimum atomic E-state index is -4.05. The van der Waals surface area contributed by atoms with E-state index in [1.807, 2.05) is 0 Å². The molecular formula is C6H16NO3P. The van der Waals surface area contributed by atoms with Crippen molar-refractivity contribution in [3.63, 3.8) is 0 Å². The fraction of sp³-hybridized carbons (Fsp3) is 1.00. The van der Waals surface area contributed by atoms with Crippen LogP contribution < -0.4 is 0 Å². The summed E-state index contributed by atoms with van der Waals surface area (Å²) in [5.41, 5.74) is 0. The van der Waals surface area contributed by atoms with Crippen LogP contribution in [0.4, 0.5) is 0 Å². The van der Waals surface area contributed by atoms with Gasteiger partial charge in [0.05, 0.1) is 0 Å². The van der Waals surface area contributed by atoms with Crippen molar-refractivity contribution in [2.75, 3.05) is 0 Å². The first-order chi connectivity index (χ1) is 4.76. The Labute approximate surface area is 67.4 Å². The molecule has 2 N–H and O–H groups in total. The van der Waals surface area contributed by atoms with E-state index in [1.165, 1.54) is 4.67 Å².